The lowest BCUT2D eigenvalue weighted by Crippen LogP contribution is -1.98. The van der Waals surface area contributed by atoms with Crippen LogP contribution in [0.25, 0.3) is 11.3 Å². The zero-order valence-electron chi connectivity index (χ0n) is 11.0. The molecule has 0 unspecified atom stereocenters. The largest absolute Gasteiger partial charge is 0.490 e. The van der Waals surface area contributed by atoms with Gasteiger partial charge in [-0.05, 0) is 50.3 Å². The third-order valence-corrected chi connectivity index (χ3v) is 2.74. The summed E-state index contributed by atoms with van der Waals surface area (Å²) in [5.74, 6) is 1.48. The van der Waals surface area contributed by atoms with Crippen molar-refractivity contribution in [2.24, 2.45) is 0 Å². The van der Waals surface area contributed by atoms with E-state index in [0.717, 1.165) is 22.8 Å². The van der Waals surface area contributed by atoms with Crippen molar-refractivity contribution in [1.82, 2.24) is 9.97 Å². The van der Waals surface area contributed by atoms with E-state index in [0.29, 0.717) is 18.0 Å². The van der Waals surface area contributed by atoms with Gasteiger partial charge in [-0.2, -0.15) is 0 Å². The Morgan fingerprint density at radius 3 is 2.53 bits per heavy atom. The van der Waals surface area contributed by atoms with Crippen LogP contribution in [0.2, 0.25) is 0 Å². The van der Waals surface area contributed by atoms with E-state index in [-0.39, 0.29) is 0 Å². The molecule has 0 spiro atoms. The highest BCUT2D eigenvalue weighted by Crippen LogP contribution is 2.32. The first-order chi connectivity index (χ1) is 9.24. The molecule has 0 amide bonds. The lowest BCUT2D eigenvalue weighted by Gasteiger charge is -2.12. The summed E-state index contributed by atoms with van der Waals surface area (Å²) in [6.45, 7) is 5.10. The van der Waals surface area contributed by atoms with Crippen molar-refractivity contribution in [3.8, 4) is 22.8 Å². The second kappa shape index (κ2) is 6.33. The fourth-order valence-corrected chi connectivity index (χ4v) is 1.93. The molecule has 0 aliphatic rings. The maximum Gasteiger partial charge on any atom is 0.197 e. The Bertz CT molecular complexity index is 610. The molecule has 0 aliphatic heterocycles. The van der Waals surface area contributed by atoms with Crippen LogP contribution in [0.3, 0.4) is 0 Å². The van der Waals surface area contributed by atoms with Crippen molar-refractivity contribution in [2.45, 2.75) is 13.8 Å². The van der Waals surface area contributed by atoms with Crippen LogP contribution in [0, 0.1) is 4.77 Å². The molecule has 2 aromatic rings. The van der Waals surface area contributed by atoms with E-state index in [9.17, 15) is 0 Å². The second-order valence-electron chi connectivity index (χ2n) is 3.82. The predicted molar refractivity (Wildman–Crippen MR) is 77.2 cm³/mol. The summed E-state index contributed by atoms with van der Waals surface area (Å²) in [5.41, 5.74) is 1.89. The van der Waals surface area contributed by atoms with Crippen molar-refractivity contribution in [3.05, 3.63) is 35.2 Å². The fourth-order valence-electron chi connectivity index (χ4n) is 1.76. The van der Waals surface area contributed by atoms with E-state index in [4.69, 9.17) is 21.7 Å². The van der Waals surface area contributed by atoms with Gasteiger partial charge in [0.1, 0.15) is 0 Å². The molecule has 0 bridgehead atoms. The standard InChI is InChI=1S/C14H16N2O2S/c1-3-17-12-6-5-10(9-13(12)18-4-2)11-7-8-15-14(19)16-11/h5-9H,3-4H2,1-2H3,(H,15,16,19). The van der Waals surface area contributed by atoms with Crippen molar-refractivity contribution >= 4 is 12.2 Å². The monoisotopic (exact) mass is 276 g/mol. The van der Waals surface area contributed by atoms with E-state index in [1.54, 1.807) is 6.20 Å². The zero-order chi connectivity index (χ0) is 13.7. The van der Waals surface area contributed by atoms with Gasteiger partial charge < -0.3 is 14.5 Å². The van der Waals surface area contributed by atoms with Crippen LogP contribution in [-0.2, 0) is 0 Å². The number of benzene rings is 1. The number of ether oxygens (including phenoxy) is 2. The Morgan fingerprint density at radius 1 is 1.11 bits per heavy atom. The third-order valence-electron chi connectivity index (χ3n) is 2.53. The van der Waals surface area contributed by atoms with Crippen LogP contribution >= 0.6 is 12.2 Å². The first kappa shape index (κ1) is 13.5. The topological polar surface area (TPSA) is 47.1 Å². The minimum atomic E-state index is 0.462. The van der Waals surface area contributed by atoms with Crippen LogP contribution in [-0.4, -0.2) is 23.2 Å². The van der Waals surface area contributed by atoms with Crippen molar-refractivity contribution in [3.63, 3.8) is 0 Å². The number of aromatic nitrogens is 2. The highest BCUT2D eigenvalue weighted by atomic mass is 32.1. The predicted octanol–water partition coefficient (Wildman–Crippen LogP) is 3.60. The average Bonchev–Trinajstić information content (AvgIpc) is 2.41. The van der Waals surface area contributed by atoms with Gasteiger partial charge in [0.25, 0.3) is 0 Å². The van der Waals surface area contributed by atoms with Gasteiger partial charge in [-0.25, -0.2) is 4.98 Å². The van der Waals surface area contributed by atoms with Gasteiger partial charge in [-0.1, -0.05) is 0 Å². The van der Waals surface area contributed by atoms with Gasteiger partial charge in [-0.3, -0.25) is 0 Å². The number of nitrogens with zero attached hydrogens (tertiary/aromatic N) is 1. The molecule has 0 atom stereocenters. The summed E-state index contributed by atoms with van der Waals surface area (Å²) in [4.78, 5) is 7.03. The summed E-state index contributed by atoms with van der Waals surface area (Å²) < 4.78 is 11.6. The summed E-state index contributed by atoms with van der Waals surface area (Å²) >= 11 is 5.03. The smallest absolute Gasteiger partial charge is 0.197 e. The third kappa shape index (κ3) is 3.32. The Hall–Kier alpha value is -1.88. The molecule has 0 aliphatic carbocycles. The summed E-state index contributed by atoms with van der Waals surface area (Å²) in [7, 11) is 0. The fraction of sp³-hybridized carbons (Fsp3) is 0.286. The van der Waals surface area contributed by atoms with E-state index >= 15 is 0 Å². The number of hydrogen-bond acceptors (Lipinski definition) is 4. The molecule has 1 heterocycles. The molecule has 2 rings (SSSR count). The highest BCUT2D eigenvalue weighted by molar-refractivity contribution is 7.71. The van der Waals surface area contributed by atoms with E-state index in [2.05, 4.69) is 9.97 Å². The van der Waals surface area contributed by atoms with Crippen LogP contribution < -0.4 is 9.47 Å². The lowest BCUT2D eigenvalue weighted by atomic mass is 10.1. The van der Waals surface area contributed by atoms with Crippen molar-refractivity contribution in [1.29, 1.82) is 0 Å². The van der Waals surface area contributed by atoms with Crippen LogP contribution in [0.4, 0.5) is 0 Å². The molecule has 1 N–H and O–H groups in total. The van der Waals surface area contributed by atoms with Gasteiger partial charge in [0.05, 0.1) is 13.2 Å². The summed E-state index contributed by atoms with van der Waals surface area (Å²) in [5, 5.41) is 0. The Morgan fingerprint density at radius 2 is 1.84 bits per heavy atom. The highest BCUT2D eigenvalue weighted by Gasteiger charge is 2.07. The molecule has 100 valence electrons. The van der Waals surface area contributed by atoms with Gasteiger partial charge in [0, 0.05) is 17.5 Å². The number of H-pyrrole nitrogens is 1. The van der Waals surface area contributed by atoms with Gasteiger partial charge in [0.2, 0.25) is 0 Å². The van der Waals surface area contributed by atoms with E-state index < -0.39 is 0 Å². The Labute approximate surface area is 117 Å². The number of aromatic amines is 1. The molecule has 1 aromatic carbocycles. The summed E-state index contributed by atoms with van der Waals surface area (Å²) in [6.07, 6.45) is 1.69. The second-order valence-corrected chi connectivity index (χ2v) is 4.20. The molecule has 0 fully saturated rings. The zero-order valence-corrected chi connectivity index (χ0v) is 11.8. The number of rotatable bonds is 5. The molecule has 4 nitrogen and oxygen atoms in total. The lowest BCUT2D eigenvalue weighted by molar-refractivity contribution is 0.288. The minimum absolute atomic E-state index is 0.462. The first-order valence-corrected chi connectivity index (χ1v) is 6.60. The number of nitrogens with one attached hydrogen (secondary N) is 1. The maximum absolute atomic E-state index is 5.60. The van der Waals surface area contributed by atoms with Crippen molar-refractivity contribution < 1.29 is 9.47 Å². The van der Waals surface area contributed by atoms with Crippen LogP contribution in [0.15, 0.2) is 30.5 Å². The van der Waals surface area contributed by atoms with Gasteiger partial charge >= 0.3 is 0 Å². The molecule has 0 saturated carbocycles. The first-order valence-electron chi connectivity index (χ1n) is 6.20. The van der Waals surface area contributed by atoms with Crippen molar-refractivity contribution in [2.75, 3.05) is 13.2 Å². The molecule has 0 radical (unpaired) electrons. The number of hydrogen-bond donors (Lipinski definition) is 1. The molecule has 5 heteroatoms. The molecule has 1 aromatic heterocycles. The molecular weight excluding hydrogens is 260 g/mol. The summed E-state index contributed by atoms with van der Waals surface area (Å²) in [6, 6.07) is 7.69. The van der Waals surface area contributed by atoms with Crippen LogP contribution in [0.5, 0.6) is 11.5 Å². The van der Waals surface area contributed by atoms with E-state index in [1.165, 1.54) is 0 Å². The average molecular weight is 276 g/mol. The quantitative estimate of drug-likeness (QED) is 0.848. The molecule has 0 saturated heterocycles. The molecule has 19 heavy (non-hydrogen) atoms. The minimum Gasteiger partial charge on any atom is -0.490 e. The van der Waals surface area contributed by atoms with Crippen LogP contribution in [0.1, 0.15) is 13.8 Å². The van der Waals surface area contributed by atoms with E-state index in [1.807, 2.05) is 38.1 Å². The van der Waals surface area contributed by atoms with Gasteiger partial charge in [0.15, 0.2) is 16.3 Å². The SMILES string of the molecule is CCOc1ccc(-c2ccnc(=S)[nH]2)cc1OCC. The maximum atomic E-state index is 5.60. The van der Waals surface area contributed by atoms with Gasteiger partial charge in [-0.15, -0.1) is 0 Å². The molecular formula is C14H16N2O2S. The normalized spacial score (nSPS) is 10.2. The Balaban J connectivity index is 2.42. The Kier molecular flexibility index (Phi) is 4.52.